The van der Waals surface area contributed by atoms with Crippen molar-refractivity contribution in [1.82, 2.24) is 26.6 Å². The van der Waals surface area contributed by atoms with Gasteiger partial charge in [0.15, 0.2) is 5.96 Å². The minimum absolute atomic E-state index is 0.0985. The largest absolute Gasteiger partial charge is 0.481 e. The predicted octanol–water partition coefficient (Wildman–Crippen LogP) is -5.67. The summed E-state index contributed by atoms with van der Waals surface area (Å²) < 4.78 is 0. The van der Waals surface area contributed by atoms with E-state index in [-0.39, 0.29) is 18.9 Å². The average Bonchev–Trinajstić information content (AvgIpc) is 2.76. The molecule has 13 N–H and O–H groups in total. The normalized spacial score (nSPS) is 12.9. The molecular formula is C17H30N8O9. The fourth-order valence-electron chi connectivity index (χ4n) is 2.43. The third-order valence-corrected chi connectivity index (χ3v) is 4.07. The number of aliphatic carboxylic acids is 2. The third kappa shape index (κ3) is 12.8. The van der Waals surface area contributed by atoms with E-state index in [0.717, 1.165) is 0 Å². The molecule has 3 atom stereocenters. The van der Waals surface area contributed by atoms with Crippen LogP contribution in [0.5, 0.6) is 0 Å². The fourth-order valence-corrected chi connectivity index (χ4v) is 2.43. The van der Waals surface area contributed by atoms with Crippen LogP contribution in [0.4, 0.5) is 0 Å². The molecular weight excluding hydrogens is 460 g/mol. The monoisotopic (exact) mass is 490 g/mol. The van der Waals surface area contributed by atoms with Crippen LogP contribution in [0.1, 0.15) is 19.3 Å². The van der Waals surface area contributed by atoms with Gasteiger partial charge in [-0.3, -0.25) is 29.4 Å². The van der Waals surface area contributed by atoms with Crippen molar-refractivity contribution in [1.29, 1.82) is 5.41 Å². The van der Waals surface area contributed by atoms with E-state index in [0.29, 0.717) is 6.42 Å². The van der Waals surface area contributed by atoms with Crippen LogP contribution in [0.15, 0.2) is 0 Å². The number of carbonyl (C=O) groups excluding carboxylic acids is 4. The predicted molar refractivity (Wildman–Crippen MR) is 114 cm³/mol. The molecule has 0 aromatic carbocycles. The summed E-state index contributed by atoms with van der Waals surface area (Å²) in [6.07, 6.45) is -0.492. The minimum Gasteiger partial charge on any atom is -0.481 e. The Bertz CT molecular complexity index is 776. The van der Waals surface area contributed by atoms with E-state index >= 15 is 0 Å². The van der Waals surface area contributed by atoms with Crippen molar-refractivity contribution >= 4 is 41.5 Å². The lowest BCUT2D eigenvalue weighted by Gasteiger charge is -2.20. The number of aliphatic hydroxyl groups is 1. The molecule has 17 heteroatoms. The molecule has 0 aromatic rings. The van der Waals surface area contributed by atoms with E-state index in [4.69, 9.17) is 32.2 Å². The van der Waals surface area contributed by atoms with Crippen LogP contribution < -0.4 is 38.1 Å². The van der Waals surface area contributed by atoms with Crippen LogP contribution in [-0.2, 0) is 28.8 Å². The zero-order chi connectivity index (χ0) is 26.3. The Hall–Kier alpha value is -3.99. The molecule has 0 rings (SSSR count). The number of amides is 4. The smallest absolute Gasteiger partial charge is 0.328 e. The Kier molecular flexibility index (Phi) is 13.9. The maximum Gasteiger partial charge on any atom is 0.328 e. The van der Waals surface area contributed by atoms with Gasteiger partial charge in [-0.1, -0.05) is 0 Å². The molecule has 0 saturated carbocycles. The van der Waals surface area contributed by atoms with Crippen molar-refractivity contribution in [3.8, 4) is 0 Å². The van der Waals surface area contributed by atoms with Crippen LogP contribution in [0.2, 0.25) is 0 Å². The second-order valence-corrected chi connectivity index (χ2v) is 6.82. The fraction of sp³-hybridized carbons (Fsp3) is 0.588. The van der Waals surface area contributed by atoms with E-state index < -0.39 is 79.8 Å². The molecule has 0 unspecified atom stereocenters. The first-order valence-electron chi connectivity index (χ1n) is 9.91. The number of nitrogens with one attached hydrogen (secondary N) is 6. The highest BCUT2D eigenvalue weighted by Gasteiger charge is 2.28. The average molecular weight is 490 g/mol. The highest BCUT2D eigenvalue weighted by Crippen LogP contribution is 1.98. The molecule has 17 nitrogen and oxygen atoms in total. The summed E-state index contributed by atoms with van der Waals surface area (Å²) in [5.74, 6) is -6.90. The van der Waals surface area contributed by atoms with Gasteiger partial charge in [0, 0.05) is 6.54 Å². The lowest BCUT2D eigenvalue weighted by molar-refractivity contribution is -0.144. The number of aliphatic hydroxyl groups excluding tert-OH is 1. The van der Waals surface area contributed by atoms with E-state index in [1.807, 2.05) is 5.32 Å². The van der Waals surface area contributed by atoms with Crippen molar-refractivity contribution in [3.05, 3.63) is 0 Å². The first-order valence-corrected chi connectivity index (χ1v) is 9.91. The first-order chi connectivity index (χ1) is 15.9. The number of carbonyl (C=O) groups is 6. The summed E-state index contributed by atoms with van der Waals surface area (Å²) in [6, 6.07) is -4.50. The maximum absolute atomic E-state index is 12.4. The maximum atomic E-state index is 12.4. The van der Waals surface area contributed by atoms with Crippen molar-refractivity contribution in [2.24, 2.45) is 11.5 Å². The zero-order valence-electron chi connectivity index (χ0n) is 18.1. The molecule has 4 amide bonds. The van der Waals surface area contributed by atoms with Gasteiger partial charge in [-0.2, -0.15) is 0 Å². The van der Waals surface area contributed by atoms with Gasteiger partial charge in [0.1, 0.15) is 18.1 Å². The number of carboxylic acids is 2. The second kappa shape index (κ2) is 15.8. The molecule has 0 saturated heterocycles. The molecule has 0 aromatic heterocycles. The lowest BCUT2D eigenvalue weighted by atomic mass is 10.1. The lowest BCUT2D eigenvalue weighted by Crippen LogP contribution is -2.55. The Balaban J connectivity index is 5.01. The number of rotatable bonds is 16. The number of hydrogen-bond donors (Lipinski definition) is 11. The number of guanidine groups is 1. The van der Waals surface area contributed by atoms with E-state index in [1.165, 1.54) is 0 Å². The van der Waals surface area contributed by atoms with Gasteiger partial charge in [-0.15, -0.1) is 0 Å². The number of carboxylic acid groups (broad SMARTS) is 2. The molecule has 0 aliphatic carbocycles. The van der Waals surface area contributed by atoms with Crippen LogP contribution >= 0.6 is 0 Å². The van der Waals surface area contributed by atoms with Crippen LogP contribution in [0, 0.1) is 5.41 Å². The van der Waals surface area contributed by atoms with Gasteiger partial charge in [0.05, 0.1) is 26.1 Å². The van der Waals surface area contributed by atoms with Crippen LogP contribution in [-0.4, -0.2) is 101 Å². The number of hydrogen-bond acceptors (Lipinski definition) is 9. The molecule has 0 fully saturated rings. The quantitative estimate of drug-likeness (QED) is 0.0548. The van der Waals surface area contributed by atoms with Gasteiger partial charge in [-0.25, -0.2) is 4.79 Å². The Labute approximate surface area is 193 Å². The van der Waals surface area contributed by atoms with E-state index in [2.05, 4.69) is 21.3 Å². The van der Waals surface area contributed by atoms with Crippen molar-refractivity contribution in [3.63, 3.8) is 0 Å². The molecule has 0 spiro atoms. The van der Waals surface area contributed by atoms with Gasteiger partial charge in [0.25, 0.3) is 0 Å². The molecule has 0 radical (unpaired) electrons. The zero-order valence-corrected chi connectivity index (χ0v) is 18.1. The van der Waals surface area contributed by atoms with Gasteiger partial charge < -0.3 is 53.4 Å². The second-order valence-electron chi connectivity index (χ2n) is 6.82. The van der Waals surface area contributed by atoms with Gasteiger partial charge in [-0.05, 0) is 12.8 Å². The topological polar surface area (TPSA) is 299 Å². The Morgan fingerprint density at radius 1 is 0.853 bits per heavy atom. The van der Waals surface area contributed by atoms with Gasteiger partial charge in [0.2, 0.25) is 23.6 Å². The summed E-state index contributed by atoms with van der Waals surface area (Å²) in [6.45, 7) is -1.84. The standard InChI is InChI=1S/C17H30N8O9/c18-5-11(27)23-8(2-1-3-21-17(19)20)14(31)22-6-12(28)24-9(4-13(29)30)15(32)25-10(7-26)16(33)34/h8-10,26H,1-7,18H2,(H,22,31)(H,23,27)(H,24,28)(H,25,32)(H,29,30)(H,33,34)(H4,19,20,21)/t8-,9-,10-/m0/s1. The summed E-state index contributed by atoms with van der Waals surface area (Å²) in [5, 5.41) is 44.9. The van der Waals surface area contributed by atoms with Crippen molar-refractivity contribution < 1.29 is 44.1 Å². The molecule has 0 heterocycles. The summed E-state index contributed by atoms with van der Waals surface area (Å²) in [4.78, 5) is 70.2. The number of nitrogens with two attached hydrogens (primary N) is 2. The highest BCUT2D eigenvalue weighted by molar-refractivity contribution is 5.95. The summed E-state index contributed by atoms with van der Waals surface area (Å²) in [5.41, 5.74) is 10.4. The first kappa shape index (κ1) is 30.0. The Morgan fingerprint density at radius 2 is 1.47 bits per heavy atom. The molecule has 0 aliphatic rings. The molecule has 34 heavy (non-hydrogen) atoms. The summed E-state index contributed by atoms with van der Waals surface area (Å²) >= 11 is 0. The molecule has 0 bridgehead atoms. The van der Waals surface area contributed by atoms with Crippen LogP contribution in [0.25, 0.3) is 0 Å². The van der Waals surface area contributed by atoms with E-state index in [1.54, 1.807) is 0 Å². The Morgan fingerprint density at radius 3 is 1.97 bits per heavy atom. The van der Waals surface area contributed by atoms with Crippen molar-refractivity contribution in [2.45, 2.75) is 37.4 Å². The third-order valence-electron chi connectivity index (χ3n) is 4.07. The van der Waals surface area contributed by atoms with Crippen molar-refractivity contribution in [2.75, 3.05) is 26.2 Å². The molecule has 0 aliphatic heterocycles. The van der Waals surface area contributed by atoms with E-state index in [9.17, 15) is 28.8 Å². The van der Waals surface area contributed by atoms with Crippen LogP contribution in [0.3, 0.4) is 0 Å². The minimum atomic E-state index is -1.72. The summed E-state index contributed by atoms with van der Waals surface area (Å²) in [7, 11) is 0. The SMILES string of the molecule is N=C(N)NCCC[C@H](NC(=O)CN)C(=O)NCC(=O)N[C@@H](CC(=O)O)C(=O)N[C@@H](CO)C(=O)O. The highest BCUT2D eigenvalue weighted by atomic mass is 16.4. The van der Waals surface area contributed by atoms with Gasteiger partial charge >= 0.3 is 11.9 Å². The molecule has 192 valence electrons.